The Bertz CT molecular complexity index is 1040. The molecule has 25 heavy (non-hydrogen) atoms. The van der Waals surface area contributed by atoms with Crippen LogP contribution in [0, 0.1) is 0 Å². The summed E-state index contributed by atoms with van der Waals surface area (Å²) in [6.07, 6.45) is 0.216. The Hall–Kier alpha value is -2.80. The lowest BCUT2D eigenvalue weighted by atomic mass is 10.1. The fourth-order valence-corrected chi connectivity index (χ4v) is 3.78. The van der Waals surface area contributed by atoms with Crippen molar-refractivity contribution in [2.75, 3.05) is 13.9 Å². The number of carbonyl (C=O) groups excluding carboxylic acids is 1. The first-order valence-electron chi connectivity index (χ1n) is 7.74. The first-order chi connectivity index (χ1) is 12.1. The monoisotopic (exact) mass is 356 g/mol. The zero-order valence-electron chi connectivity index (χ0n) is 13.8. The second-order valence-electron chi connectivity index (χ2n) is 5.65. The molecule has 1 aromatic heterocycles. The van der Waals surface area contributed by atoms with E-state index < -0.39 is 0 Å². The molecule has 2 aromatic carbocycles. The molecule has 6 nitrogen and oxygen atoms in total. The third-order valence-electron chi connectivity index (χ3n) is 4.03. The van der Waals surface area contributed by atoms with Crippen molar-refractivity contribution in [1.29, 1.82) is 0 Å². The first-order valence-corrected chi connectivity index (χ1v) is 8.55. The summed E-state index contributed by atoms with van der Waals surface area (Å²) in [4.78, 5) is 17.3. The van der Waals surface area contributed by atoms with Crippen LogP contribution in [0.5, 0.6) is 17.2 Å². The number of carbonyl (C=O) groups is 1. The van der Waals surface area contributed by atoms with Crippen LogP contribution in [-0.2, 0) is 18.3 Å². The lowest BCUT2D eigenvalue weighted by molar-refractivity contribution is -0.117. The van der Waals surface area contributed by atoms with Gasteiger partial charge in [-0.2, -0.15) is 4.99 Å². The fraction of sp³-hybridized carbons (Fsp3) is 0.222. The summed E-state index contributed by atoms with van der Waals surface area (Å²) in [5.41, 5.74) is 1.86. The molecule has 0 radical (unpaired) electrons. The topological polar surface area (TPSA) is 62.1 Å². The maximum Gasteiger partial charge on any atom is 0.252 e. The van der Waals surface area contributed by atoms with E-state index in [9.17, 15) is 4.79 Å². The van der Waals surface area contributed by atoms with Gasteiger partial charge in [0, 0.05) is 7.05 Å². The minimum Gasteiger partial charge on any atom is -0.497 e. The molecule has 0 atom stereocenters. The zero-order chi connectivity index (χ0) is 17.4. The number of hydrogen-bond acceptors (Lipinski definition) is 5. The van der Waals surface area contributed by atoms with E-state index in [-0.39, 0.29) is 19.1 Å². The molecular formula is C18H16N2O4S. The molecule has 1 aliphatic heterocycles. The molecule has 0 spiro atoms. The van der Waals surface area contributed by atoms with Crippen LogP contribution < -0.4 is 19.0 Å². The minimum atomic E-state index is -0.201. The van der Waals surface area contributed by atoms with Gasteiger partial charge in [0.2, 0.25) is 6.79 Å². The second-order valence-corrected chi connectivity index (χ2v) is 6.66. The smallest absolute Gasteiger partial charge is 0.252 e. The highest BCUT2D eigenvalue weighted by Crippen LogP contribution is 2.32. The highest BCUT2D eigenvalue weighted by Gasteiger charge is 2.14. The molecular weight excluding hydrogens is 340 g/mol. The van der Waals surface area contributed by atoms with Gasteiger partial charge in [-0.05, 0) is 35.9 Å². The van der Waals surface area contributed by atoms with Gasteiger partial charge in [0.25, 0.3) is 5.91 Å². The van der Waals surface area contributed by atoms with E-state index in [0.717, 1.165) is 21.5 Å². The molecule has 128 valence electrons. The summed E-state index contributed by atoms with van der Waals surface area (Å²) in [6, 6.07) is 11.3. The van der Waals surface area contributed by atoms with Gasteiger partial charge >= 0.3 is 0 Å². The molecule has 0 saturated carbocycles. The van der Waals surface area contributed by atoms with Crippen molar-refractivity contribution >= 4 is 27.5 Å². The highest BCUT2D eigenvalue weighted by molar-refractivity contribution is 7.16. The van der Waals surface area contributed by atoms with Crippen LogP contribution in [0.4, 0.5) is 0 Å². The van der Waals surface area contributed by atoms with Crippen LogP contribution in [-0.4, -0.2) is 24.4 Å². The van der Waals surface area contributed by atoms with Gasteiger partial charge < -0.3 is 18.8 Å². The number of methoxy groups -OCH3 is 1. The normalized spacial score (nSPS) is 13.4. The Morgan fingerprint density at radius 1 is 1.24 bits per heavy atom. The summed E-state index contributed by atoms with van der Waals surface area (Å²) in [5, 5.41) is 0. The summed E-state index contributed by atoms with van der Waals surface area (Å²) in [6.45, 7) is 0.220. The SMILES string of the molecule is COc1ccc2c(c1)sc(=NC(=O)Cc1ccc3c(c1)OCO3)n2C. The number of nitrogens with zero attached hydrogens (tertiary/aromatic N) is 2. The molecule has 0 aliphatic carbocycles. The average molecular weight is 356 g/mol. The molecule has 1 amide bonds. The number of hydrogen-bond donors (Lipinski definition) is 0. The Kier molecular flexibility index (Phi) is 3.93. The van der Waals surface area contributed by atoms with Gasteiger partial charge in [-0.3, -0.25) is 4.79 Å². The van der Waals surface area contributed by atoms with Crippen LogP contribution in [0.1, 0.15) is 5.56 Å². The molecule has 0 unspecified atom stereocenters. The van der Waals surface area contributed by atoms with E-state index in [0.29, 0.717) is 16.3 Å². The lowest BCUT2D eigenvalue weighted by Gasteiger charge is -2.00. The number of aromatic nitrogens is 1. The van der Waals surface area contributed by atoms with Gasteiger partial charge in [0.05, 0.1) is 23.7 Å². The molecule has 0 N–H and O–H groups in total. The van der Waals surface area contributed by atoms with Crippen molar-refractivity contribution in [3.05, 3.63) is 46.8 Å². The lowest BCUT2D eigenvalue weighted by Crippen LogP contribution is -2.14. The van der Waals surface area contributed by atoms with Crippen molar-refractivity contribution in [3.8, 4) is 17.2 Å². The van der Waals surface area contributed by atoms with Crippen molar-refractivity contribution in [1.82, 2.24) is 4.57 Å². The van der Waals surface area contributed by atoms with Crippen molar-refractivity contribution in [2.45, 2.75) is 6.42 Å². The number of rotatable bonds is 3. The second kappa shape index (κ2) is 6.25. The largest absolute Gasteiger partial charge is 0.497 e. The van der Waals surface area contributed by atoms with E-state index in [1.165, 1.54) is 11.3 Å². The van der Waals surface area contributed by atoms with E-state index in [4.69, 9.17) is 14.2 Å². The van der Waals surface area contributed by atoms with Gasteiger partial charge in [0.15, 0.2) is 16.3 Å². The predicted molar refractivity (Wildman–Crippen MR) is 94.2 cm³/mol. The van der Waals surface area contributed by atoms with Gasteiger partial charge in [-0.1, -0.05) is 17.4 Å². The fourth-order valence-electron chi connectivity index (χ4n) is 2.72. The summed E-state index contributed by atoms with van der Waals surface area (Å²) in [5.74, 6) is 1.96. The number of amides is 1. The molecule has 0 bridgehead atoms. The van der Waals surface area contributed by atoms with Crippen molar-refractivity contribution in [2.24, 2.45) is 12.0 Å². The number of ether oxygens (including phenoxy) is 3. The average Bonchev–Trinajstić information content (AvgIpc) is 3.19. The Balaban J connectivity index is 1.62. The van der Waals surface area contributed by atoms with E-state index in [2.05, 4.69) is 4.99 Å². The maximum absolute atomic E-state index is 12.4. The van der Waals surface area contributed by atoms with Crippen LogP contribution in [0.2, 0.25) is 0 Å². The minimum absolute atomic E-state index is 0.201. The van der Waals surface area contributed by atoms with Gasteiger partial charge in [-0.15, -0.1) is 0 Å². The number of fused-ring (bicyclic) bond motifs is 2. The van der Waals surface area contributed by atoms with E-state index in [1.54, 1.807) is 7.11 Å². The molecule has 2 heterocycles. The zero-order valence-corrected chi connectivity index (χ0v) is 14.6. The molecule has 0 saturated heterocycles. The molecule has 0 fully saturated rings. The third-order valence-corrected chi connectivity index (χ3v) is 5.12. The standard InChI is InChI=1S/C18H16N2O4S/c1-20-13-5-4-12(22-2)9-16(13)25-18(20)19-17(21)8-11-3-6-14-15(7-11)24-10-23-14/h3-7,9H,8,10H2,1-2H3. The molecule has 7 heteroatoms. The maximum atomic E-state index is 12.4. The summed E-state index contributed by atoms with van der Waals surface area (Å²) >= 11 is 1.46. The van der Waals surface area contributed by atoms with E-state index >= 15 is 0 Å². The summed E-state index contributed by atoms with van der Waals surface area (Å²) in [7, 11) is 3.53. The van der Waals surface area contributed by atoms with Crippen LogP contribution in [0.15, 0.2) is 41.4 Å². The van der Waals surface area contributed by atoms with Crippen LogP contribution in [0.25, 0.3) is 10.2 Å². The molecule has 4 rings (SSSR count). The number of aryl methyl sites for hydroxylation is 1. The Morgan fingerprint density at radius 2 is 2.08 bits per heavy atom. The summed E-state index contributed by atoms with van der Waals surface area (Å²) < 4.78 is 18.8. The number of thiazole rings is 1. The van der Waals surface area contributed by atoms with E-state index in [1.807, 2.05) is 48.0 Å². The molecule has 3 aromatic rings. The molecule has 1 aliphatic rings. The third kappa shape index (κ3) is 2.98. The Morgan fingerprint density at radius 3 is 2.92 bits per heavy atom. The van der Waals surface area contributed by atoms with Crippen LogP contribution >= 0.6 is 11.3 Å². The van der Waals surface area contributed by atoms with Gasteiger partial charge in [-0.25, -0.2) is 0 Å². The highest BCUT2D eigenvalue weighted by atomic mass is 32.1. The quantitative estimate of drug-likeness (QED) is 0.724. The van der Waals surface area contributed by atoms with Crippen LogP contribution in [0.3, 0.4) is 0 Å². The van der Waals surface area contributed by atoms with Gasteiger partial charge in [0.1, 0.15) is 5.75 Å². The van der Waals surface area contributed by atoms with Crippen molar-refractivity contribution < 1.29 is 19.0 Å². The first kappa shape index (κ1) is 15.7. The predicted octanol–water partition coefficient (Wildman–Crippen LogP) is 2.65. The van der Waals surface area contributed by atoms with Crippen molar-refractivity contribution in [3.63, 3.8) is 0 Å². The Labute approximate surface area is 147 Å². The number of benzene rings is 2.